The average Bonchev–Trinajstić information content (AvgIpc) is 2.80. The molecule has 15 heavy (non-hydrogen) atoms. The molecule has 0 aliphatic rings. The zero-order chi connectivity index (χ0) is 10.5. The molecule has 1 aromatic carbocycles. The van der Waals surface area contributed by atoms with Crippen molar-refractivity contribution >= 4 is 11.9 Å². The van der Waals surface area contributed by atoms with Crippen molar-refractivity contribution in [2.75, 3.05) is 12.1 Å². The highest BCUT2D eigenvalue weighted by Gasteiger charge is 1.95. The minimum absolute atomic E-state index is 0.748. The quantitative estimate of drug-likeness (QED) is 0.563. The molecule has 2 rings (SSSR count). The molecular weight excluding hydrogens is 188 g/mol. The molecule has 0 unspecified atom stereocenters. The van der Waals surface area contributed by atoms with E-state index in [1.165, 1.54) is 0 Å². The molecule has 3 nitrogen and oxygen atoms in total. The van der Waals surface area contributed by atoms with Gasteiger partial charge < -0.3 is 4.42 Å². The number of benzene rings is 1. The second-order valence-corrected chi connectivity index (χ2v) is 3.12. The van der Waals surface area contributed by atoms with Gasteiger partial charge >= 0.3 is 0 Å². The first-order valence-electron chi connectivity index (χ1n) is 4.72. The summed E-state index contributed by atoms with van der Waals surface area (Å²) >= 11 is 0. The maximum atomic E-state index is 5.14. The molecule has 0 radical (unpaired) electrons. The number of para-hydroxylation sites is 1. The second-order valence-electron chi connectivity index (χ2n) is 3.12. The maximum absolute atomic E-state index is 5.14. The average molecular weight is 200 g/mol. The number of hydrazone groups is 1. The van der Waals surface area contributed by atoms with Crippen molar-refractivity contribution in [2.24, 2.45) is 5.10 Å². The van der Waals surface area contributed by atoms with E-state index in [1.807, 2.05) is 49.5 Å². The van der Waals surface area contributed by atoms with Crippen LogP contribution >= 0.6 is 0 Å². The van der Waals surface area contributed by atoms with Crippen LogP contribution in [0.4, 0.5) is 5.69 Å². The normalized spacial score (nSPS) is 10.7. The predicted octanol–water partition coefficient (Wildman–Crippen LogP) is 2.75. The number of anilines is 1. The Morgan fingerprint density at radius 3 is 2.60 bits per heavy atom. The molecule has 0 spiro atoms. The Morgan fingerprint density at radius 2 is 1.93 bits per heavy atom. The molecule has 0 saturated heterocycles. The van der Waals surface area contributed by atoms with Gasteiger partial charge in [0.05, 0.1) is 18.2 Å². The summed E-state index contributed by atoms with van der Waals surface area (Å²) in [5.74, 6) is 0.748. The molecule has 2 aromatic rings. The molecule has 0 saturated carbocycles. The molecule has 1 heterocycles. The Balaban J connectivity index is 2.07. The number of rotatable bonds is 3. The van der Waals surface area contributed by atoms with E-state index in [-0.39, 0.29) is 0 Å². The van der Waals surface area contributed by atoms with Crippen LogP contribution in [-0.4, -0.2) is 13.3 Å². The van der Waals surface area contributed by atoms with Gasteiger partial charge in [0.1, 0.15) is 5.76 Å². The molecule has 76 valence electrons. The van der Waals surface area contributed by atoms with Crippen molar-refractivity contribution in [3.8, 4) is 0 Å². The Hall–Kier alpha value is -2.03. The topological polar surface area (TPSA) is 28.7 Å². The molecule has 1 aromatic heterocycles. The fourth-order valence-electron chi connectivity index (χ4n) is 1.22. The SMILES string of the molecule is CN(N=Cc1ccco1)c1ccccc1. The van der Waals surface area contributed by atoms with Crippen LogP contribution in [0, 0.1) is 0 Å². The van der Waals surface area contributed by atoms with Crippen LogP contribution in [0.1, 0.15) is 5.76 Å². The van der Waals surface area contributed by atoms with Gasteiger partial charge in [-0.25, -0.2) is 0 Å². The lowest BCUT2D eigenvalue weighted by Crippen LogP contribution is -2.08. The summed E-state index contributed by atoms with van der Waals surface area (Å²) in [6.07, 6.45) is 3.32. The first-order valence-corrected chi connectivity index (χ1v) is 4.72. The monoisotopic (exact) mass is 200 g/mol. The van der Waals surface area contributed by atoms with Crippen molar-refractivity contribution in [3.05, 3.63) is 54.5 Å². The second kappa shape index (κ2) is 4.46. The number of hydrogen-bond acceptors (Lipinski definition) is 3. The highest BCUT2D eigenvalue weighted by atomic mass is 16.3. The molecular formula is C12H12N2O. The Bertz CT molecular complexity index is 420. The van der Waals surface area contributed by atoms with Crippen molar-refractivity contribution in [1.29, 1.82) is 0 Å². The fraction of sp³-hybridized carbons (Fsp3) is 0.0833. The van der Waals surface area contributed by atoms with E-state index in [0.717, 1.165) is 11.4 Å². The molecule has 0 bridgehead atoms. The van der Waals surface area contributed by atoms with Gasteiger partial charge in [-0.05, 0) is 24.3 Å². The van der Waals surface area contributed by atoms with Gasteiger partial charge in [0.25, 0.3) is 0 Å². The van der Waals surface area contributed by atoms with Crippen LogP contribution in [0.25, 0.3) is 0 Å². The summed E-state index contributed by atoms with van der Waals surface area (Å²) in [6, 6.07) is 13.6. The first kappa shape index (κ1) is 9.52. The van der Waals surface area contributed by atoms with Crippen molar-refractivity contribution in [3.63, 3.8) is 0 Å². The Morgan fingerprint density at radius 1 is 1.13 bits per heavy atom. The zero-order valence-corrected chi connectivity index (χ0v) is 8.50. The molecule has 0 amide bonds. The van der Waals surface area contributed by atoms with E-state index in [1.54, 1.807) is 17.5 Å². The van der Waals surface area contributed by atoms with Gasteiger partial charge in [-0.2, -0.15) is 5.10 Å². The van der Waals surface area contributed by atoms with E-state index in [0.29, 0.717) is 0 Å². The standard InChI is InChI=1S/C12H12N2O/c1-14(11-6-3-2-4-7-11)13-10-12-8-5-9-15-12/h2-10H,1H3. The third kappa shape index (κ3) is 2.47. The lowest BCUT2D eigenvalue weighted by molar-refractivity contribution is 0.560. The van der Waals surface area contributed by atoms with Crippen molar-refractivity contribution in [2.45, 2.75) is 0 Å². The van der Waals surface area contributed by atoms with Gasteiger partial charge in [-0.15, -0.1) is 0 Å². The molecule has 0 atom stereocenters. The molecule has 0 N–H and O–H groups in total. The fourth-order valence-corrected chi connectivity index (χ4v) is 1.22. The van der Waals surface area contributed by atoms with E-state index >= 15 is 0 Å². The van der Waals surface area contributed by atoms with Crippen molar-refractivity contribution in [1.82, 2.24) is 0 Å². The molecule has 0 aliphatic heterocycles. The highest BCUT2D eigenvalue weighted by molar-refractivity contribution is 5.76. The highest BCUT2D eigenvalue weighted by Crippen LogP contribution is 2.10. The van der Waals surface area contributed by atoms with Gasteiger partial charge in [0.2, 0.25) is 0 Å². The lowest BCUT2D eigenvalue weighted by Gasteiger charge is -2.11. The van der Waals surface area contributed by atoms with Crippen LogP contribution in [-0.2, 0) is 0 Å². The molecule has 0 aliphatic carbocycles. The van der Waals surface area contributed by atoms with Crippen LogP contribution in [0.5, 0.6) is 0 Å². The lowest BCUT2D eigenvalue weighted by atomic mass is 10.3. The summed E-state index contributed by atoms with van der Waals surface area (Å²) in [5, 5.41) is 6.05. The van der Waals surface area contributed by atoms with Gasteiger partial charge in [-0.3, -0.25) is 5.01 Å². The number of nitrogens with zero attached hydrogens (tertiary/aromatic N) is 2. The summed E-state index contributed by atoms with van der Waals surface area (Å²) in [6.45, 7) is 0. The third-order valence-electron chi connectivity index (χ3n) is 2.03. The maximum Gasteiger partial charge on any atom is 0.146 e. The third-order valence-corrected chi connectivity index (χ3v) is 2.03. The minimum atomic E-state index is 0.748. The van der Waals surface area contributed by atoms with E-state index in [2.05, 4.69) is 5.10 Å². The van der Waals surface area contributed by atoms with Gasteiger partial charge in [0.15, 0.2) is 0 Å². The van der Waals surface area contributed by atoms with E-state index < -0.39 is 0 Å². The van der Waals surface area contributed by atoms with E-state index in [4.69, 9.17) is 4.42 Å². The minimum Gasteiger partial charge on any atom is -0.463 e. The summed E-state index contributed by atoms with van der Waals surface area (Å²) in [5.41, 5.74) is 1.04. The van der Waals surface area contributed by atoms with Crippen molar-refractivity contribution < 1.29 is 4.42 Å². The Kier molecular flexibility index (Phi) is 2.83. The molecule has 3 heteroatoms. The zero-order valence-electron chi connectivity index (χ0n) is 8.50. The number of hydrogen-bond donors (Lipinski definition) is 0. The predicted molar refractivity (Wildman–Crippen MR) is 61.1 cm³/mol. The molecule has 0 fully saturated rings. The van der Waals surface area contributed by atoms with Gasteiger partial charge in [0, 0.05) is 7.05 Å². The van der Waals surface area contributed by atoms with E-state index in [9.17, 15) is 0 Å². The summed E-state index contributed by atoms with van der Waals surface area (Å²) in [4.78, 5) is 0. The Labute approximate surface area is 88.6 Å². The smallest absolute Gasteiger partial charge is 0.146 e. The van der Waals surface area contributed by atoms with Crippen LogP contribution < -0.4 is 5.01 Å². The number of furan rings is 1. The van der Waals surface area contributed by atoms with Crippen LogP contribution in [0.2, 0.25) is 0 Å². The van der Waals surface area contributed by atoms with Crippen LogP contribution in [0.3, 0.4) is 0 Å². The van der Waals surface area contributed by atoms with Gasteiger partial charge in [-0.1, -0.05) is 18.2 Å². The summed E-state index contributed by atoms with van der Waals surface area (Å²) < 4.78 is 5.14. The first-order chi connectivity index (χ1) is 7.36. The summed E-state index contributed by atoms with van der Waals surface area (Å²) in [7, 11) is 1.90. The van der Waals surface area contributed by atoms with Crippen LogP contribution in [0.15, 0.2) is 58.2 Å². The largest absolute Gasteiger partial charge is 0.463 e.